The Morgan fingerprint density at radius 2 is 1.67 bits per heavy atom. The predicted octanol–water partition coefficient (Wildman–Crippen LogP) is 2.09. The van der Waals surface area contributed by atoms with Gasteiger partial charge in [-0.3, -0.25) is 0 Å². The average molecular weight is 210 g/mol. The Bertz CT molecular complexity index is 279. The molecule has 15 heavy (non-hydrogen) atoms. The van der Waals surface area contributed by atoms with Crippen LogP contribution in [0.3, 0.4) is 0 Å². The van der Waals surface area contributed by atoms with Gasteiger partial charge in [0.25, 0.3) is 0 Å². The topological polar surface area (TPSA) is 38.7 Å². The number of aliphatic hydroxyl groups excluding tert-OH is 1. The SMILES string of the molecule is COc1ccc(O[C@@H](CO)C(C)C)cc1. The maximum Gasteiger partial charge on any atom is 0.124 e. The van der Waals surface area contributed by atoms with Gasteiger partial charge in [0.05, 0.1) is 13.7 Å². The van der Waals surface area contributed by atoms with Gasteiger partial charge in [-0.05, 0) is 30.2 Å². The predicted molar refractivity (Wildman–Crippen MR) is 59.3 cm³/mol. The van der Waals surface area contributed by atoms with E-state index in [2.05, 4.69) is 0 Å². The minimum Gasteiger partial charge on any atom is -0.497 e. The molecule has 3 nitrogen and oxygen atoms in total. The number of aliphatic hydroxyl groups is 1. The van der Waals surface area contributed by atoms with E-state index < -0.39 is 0 Å². The average Bonchev–Trinajstić information content (AvgIpc) is 2.26. The Morgan fingerprint density at radius 3 is 2.07 bits per heavy atom. The van der Waals surface area contributed by atoms with Crippen LogP contribution in [-0.4, -0.2) is 24.9 Å². The molecular formula is C12H18O3. The summed E-state index contributed by atoms with van der Waals surface area (Å²) >= 11 is 0. The van der Waals surface area contributed by atoms with Crippen molar-refractivity contribution in [2.24, 2.45) is 5.92 Å². The minimum atomic E-state index is -0.154. The maximum absolute atomic E-state index is 9.11. The van der Waals surface area contributed by atoms with E-state index in [1.807, 2.05) is 38.1 Å². The lowest BCUT2D eigenvalue weighted by Gasteiger charge is -2.20. The highest BCUT2D eigenvalue weighted by Gasteiger charge is 2.13. The molecule has 3 heteroatoms. The van der Waals surface area contributed by atoms with Crippen LogP contribution in [0.15, 0.2) is 24.3 Å². The number of methoxy groups -OCH3 is 1. The lowest BCUT2D eigenvalue weighted by atomic mass is 10.1. The van der Waals surface area contributed by atoms with E-state index in [0.717, 1.165) is 11.5 Å². The van der Waals surface area contributed by atoms with E-state index in [-0.39, 0.29) is 18.6 Å². The first-order valence-corrected chi connectivity index (χ1v) is 5.09. The van der Waals surface area contributed by atoms with Crippen molar-refractivity contribution in [2.45, 2.75) is 20.0 Å². The molecule has 0 spiro atoms. The smallest absolute Gasteiger partial charge is 0.124 e. The first-order valence-electron chi connectivity index (χ1n) is 5.09. The van der Waals surface area contributed by atoms with Gasteiger partial charge in [0.1, 0.15) is 17.6 Å². The molecule has 84 valence electrons. The van der Waals surface area contributed by atoms with Gasteiger partial charge in [-0.15, -0.1) is 0 Å². The Balaban J connectivity index is 2.63. The molecule has 1 N–H and O–H groups in total. The van der Waals surface area contributed by atoms with Gasteiger partial charge in [0, 0.05) is 0 Å². The summed E-state index contributed by atoms with van der Waals surface area (Å²) in [7, 11) is 1.63. The molecule has 0 saturated carbocycles. The van der Waals surface area contributed by atoms with E-state index >= 15 is 0 Å². The van der Waals surface area contributed by atoms with Gasteiger partial charge < -0.3 is 14.6 Å². The Hall–Kier alpha value is -1.22. The third kappa shape index (κ3) is 3.44. The van der Waals surface area contributed by atoms with Crippen LogP contribution in [0.1, 0.15) is 13.8 Å². The molecule has 0 aliphatic heterocycles. The van der Waals surface area contributed by atoms with Gasteiger partial charge in [0.15, 0.2) is 0 Å². The fraction of sp³-hybridized carbons (Fsp3) is 0.500. The first-order chi connectivity index (χ1) is 7.17. The highest BCUT2D eigenvalue weighted by Crippen LogP contribution is 2.19. The van der Waals surface area contributed by atoms with Crippen molar-refractivity contribution in [3.05, 3.63) is 24.3 Å². The number of rotatable bonds is 5. The van der Waals surface area contributed by atoms with Crippen LogP contribution in [-0.2, 0) is 0 Å². The zero-order valence-electron chi connectivity index (χ0n) is 9.43. The number of ether oxygens (including phenoxy) is 2. The third-order valence-corrected chi connectivity index (χ3v) is 2.27. The monoisotopic (exact) mass is 210 g/mol. The Kier molecular flexibility index (Phi) is 4.43. The van der Waals surface area contributed by atoms with Gasteiger partial charge in [-0.25, -0.2) is 0 Å². The van der Waals surface area contributed by atoms with E-state index in [9.17, 15) is 0 Å². The second kappa shape index (κ2) is 5.61. The molecular weight excluding hydrogens is 192 g/mol. The standard InChI is InChI=1S/C12H18O3/c1-9(2)12(8-13)15-11-6-4-10(14-3)5-7-11/h4-7,9,12-13H,8H2,1-3H3/t12-/m0/s1. The lowest BCUT2D eigenvalue weighted by molar-refractivity contribution is 0.0801. The second-order valence-corrected chi connectivity index (χ2v) is 3.76. The summed E-state index contributed by atoms with van der Waals surface area (Å²) in [6.45, 7) is 4.07. The van der Waals surface area contributed by atoms with Crippen LogP contribution < -0.4 is 9.47 Å². The summed E-state index contributed by atoms with van der Waals surface area (Å²) in [5, 5.41) is 9.11. The second-order valence-electron chi connectivity index (χ2n) is 3.76. The lowest BCUT2D eigenvalue weighted by Crippen LogP contribution is -2.27. The van der Waals surface area contributed by atoms with Crippen molar-refractivity contribution in [1.29, 1.82) is 0 Å². The van der Waals surface area contributed by atoms with Crippen LogP contribution in [0.5, 0.6) is 11.5 Å². The molecule has 0 radical (unpaired) electrons. The molecule has 0 amide bonds. The van der Waals surface area contributed by atoms with Crippen LogP contribution in [0.4, 0.5) is 0 Å². The van der Waals surface area contributed by atoms with E-state index in [0.29, 0.717) is 0 Å². The number of hydrogen-bond donors (Lipinski definition) is 1. The van der Waals surface area contributed by atoms with Crippen molar-refractivity contribution >= 4 is 0 Å². The summed E-state index contributed by atoms with van der Waals surface area (Å²) in [6, 6.07) is 7.35. The number of hydrogen-bond acceptors (Lipinski definition) is 3. The van der Waals surface area contributed by atoms with Crippen molar-refractivity contribution in [3.63, 3.8) is 0 Å². The molecule has 1 aromatic rings. The summed E-state index contributed by atoms with van der Waals surface area (Å²) in [5.74, 6) is 1.84. The minimum absolute atomic E-state index is 0.0314. The Labute approximate surface area is 90.6 Å². The molecule has 0 fully saturated rings. The van der Waals surface area contributed by atoms with Crippen LogP contribution >= 0.6 is 0 Å². The molecule has 0 saturated heterocycles. The van der Waals surface area contributed by atoms with E-state index in [1.165, 1.54) is 0 Å². The van der Waals surface area contributed by atoms with Crippen molar-refractivity contribution in [3.8, 4) is 11.5 Å². The van der Waals surface area contributed by atoms with Gasteiger partial charge >= 0.3 is 0 Å². The Morgan fingerprint density at radius 1 is 1.13 bits per heavy atom. The maximum atomic E-state index is 9.11. The molecule has 0 bridgehead atoms. The van der Waals surface area contributed by atoms with Crippen LogP contribution in [0.2, 0.25) is 0 Å². The van der Waals surface area contributed by atoms with E-state index in [4.69, 9.17) is 14.6 Å². The molecule has 0 aromatic heterocycles. The van der Waals surface area contributed by atoms with Gasteiger partial charge in [0.2, 0.25) is 0 Å². The highest BCUT2D eigenvalue weighted by molar-refractivity contribution is 5.31. The first kappa shape index (κ1) is 11.9. The molecule has 1 rings (SSSR count). The van der Waals surface area contributed by atoms with Crippen molar-refractivity contribution in [2.75, 3.05) is 13.7 Å². The molecule has 0 unspecified atom stereocenters. The van der Waals surface area contributed by atoms with Crippen LogP contribution in [0.25, 0.3) is 0 Å². The molecule has 1 atom stereocenters. The summed E-state index contributed by atoms with van der Waals surface area (Å²) in [5.41, 5.74) is 0. The number of benzene rings is 1. The summed E-state index contributed by atoms with van der Waals surface area (Å²) in [6.07, 6.45) is -0.154. The largest absolute Gasteiger partial charge is 0.497 e. The molecule has 0 heterocycles. The van der Waals surface area contributed by atoms with E-state index in [1.54, 1.807) is 7.11 Å². The zero-order chi connectivity index (χ0) is 11.3. The van der Waals surface area contributed by atoms with Gasteiger partial charge in [-0.1, -0.05) is 13.8 Å². The fourth-order valence-electron chi connectivity index (χ4n) is 1.21. The van der Waals surface area contributed by atoms with Crippen LogP contribution in [0, 0.1) is 5.92 Å². The normalized spacial score (nSPS) is 12.6. The highest BCUT2D eigenvalue weighted by atomic mass is 16.5. The summed E-state index contributed by atoms with van der Waals surface area (Å²) < 4.78 is 10.7. The van der Waals surface area contributed by atoms with Crippen molar-refractivity contribution in [1.82, 2.24) is 0 Å². The van der Waals surface area contributed by atoms with Gasteiger partial charge in [-0.2, -0.15) is 0 Å². The summed E-state index contributed by atoms with van der Waals surface area (Å²) in [4.78, 5) is 0. The zero-order valence-corrected chi connectivity index (χ0v) is 9.43. The molecule has 1 aromatic carbocycles. The molecule has 0 aliphatic carbocycles. The molecule has 0 aliphatic rings. The quantitative estimate of drug-likeness (QED) is 0.808. The fourth-order valence-corrected chi connectivity index (χ4v) is 1.21. The third-order valence-electron chi connectivity index (χ3n) is 2.27. The van der Waals surface area contributed by atoms with Crippen molar-refractivity contribution < 1.29 is 14.6 Å².